The van der Waals surface area contributed by atoms with Crippen LogP contribution in [0.1, 0.15) is 38.4 Å². The molecule has 2 unspecified atom stereocenters. The molecule has 3 rings (SSSR count). The molecule has 0 amide bonds. The van der Waals surface area contributed by atoms with Gasteiger partial charge in [-0.05, 0) is 44.4 Å². The highest BCUT2D eigenvalue weighted by Crippen LogP contribution is 2.37. The van der Waals surface area contributed by atoms with E-state index in [0.29, 0.717) is 12.8 Å². The van der Waals surface area contributed by atoms with Gasteiger partial charge < -0.3 is 14.7 Å². The minimum Gasteiger partial charge on any atom is -0.481 e. The van der Waals surface area contributed by atoms with Gasteiger partial charge in [-0.2, -0.15) is 5.10 Å². The number of nitrogens with zero attached hydrogens (tertiary/aromatic N) is 2. The maximum absolute atomic E-state index is 13.6. The normalized spacial score (nSPS) is 13.2. The second kappa shape index (κ2) is 12.1. The van der Waals surface area contributed by atoms with Gasteiger partial charge in [-0.25, -0.2) is 4.39 Å². The van der Waals surface area contributed by atoms with E-state index in [1.165, 1.54) is 12.1 Å². The number of hydrogen-bond donors (Lipinski definition) is 2. The lowest BCUT2D eigenvalue weighted by atomic mass is 9.97. The first-order valence-electron chi connectivity index (χ1n) is 11.2. The zero-order chi connectivity index (χ0) is 24.7. The van der Waals surface area contributed by atoms with Crippen molar-refractivity contribution in [1.82, 2.24) is 9.78 Å². The van der Waals surface area contributed by atoms with E-state index in [4.69, 9.17) is 14.7 Å². The lowest BCUT2D eigenvalue weighted by Crippen LogP contribution is -2.15. The largest absolute Gasteiger partial charge is 0.481 e. The Kier molecular flexibility index (Phi) is 9.16. The third kappa shape index (κ3) is 6.86. The Bertz CT molecular complexity index is 1120. The van der Waals surface area contributed by atoms with E-state index in [9.17, 15) is 18.9 Å². The number of hydrogen-bond acceptors (Lipinski definition) is 5. The van der Waals surface area contributed by atoms with Gasteiger partial charge in [-0.3, -0.25) is 14.0 Å². The second-order valence-electron chi connectivity index (χ2n) is 8.36. The number of carbonyl (C=O) groups is 1. The Morgan fingerprint density at radius 2 is 1.79 bits per heavy atom. The van der Waals surface area contributed by atoms with E-state index in [1.807, 2.05) is 48.9 Å². The van der Waals surface area contributed by atoms with Crippen LogP contribution in [0.5, 0.6) is 0 Å². The van der Waals surface area contributed by atoms with Crippen LogP contribution in [0.4, 0.5) is 4.39 Å². The maximum atomic E-state index is 13.6. The standard InChI is InChI=1S/C25H30FN2O5P/c1-17(2)28-22(9-6-14-33-34(32)16-21(29)15-23(30)31)24(18-10-12-20(26)13-11-18)25(27-28)19-7-4-3-5-8-19/h3-5,7-8,10-13,17,21,29,34H,6,9,14-16H2,1-2H3,(H,30,31). The molecule has 9 heteroatoms. The Morgan fingerprint density at radius 1 is 1.12 bits per heavy atom. The van der Waals surface area contributed by atoms with Gasteiger partial charge in [-0.15, -0.1) is 0 Å². The fourth-order valence-corrected chi connectivity index (χ4v) is 4.82. The molecule has 182 valence electrons. The third-order valence-electron chi connectivity index (χ3n) is 5.31. The summed E-state index contributed by atoms with van der Waals surface area (Å²) in [5.74, 6) is -1.46. The number of aliphatic carboxylic acids is 1. The Hall–Kier alpha value is -2.80. The summed E-state index contributed by atoms with van der Waals surface area (Å²) in [6.45, 7) is 4.28. The molecule has 1 heterocycles. The van der Waals surface area contributed by atoms with Crippen LogP contribution in [-0.4, -0.2) is 44.8 Å². The van der Waals surface area contributed by atoms with Crippen molar-refractivity contribution in [2.45, 2.75) is 45.3 Å². The first-order chi connectivity index (χ1) is 16.3. The van der Waals surface area contributed by atoms with Gasteiger partial charge in [0.1, 0.15) is 11.5 Å². The number of carboxylic acids is 1. The Morgan fingerprint density at radius 3 is 2.41 bits per heavy atom. The Balaban J connectivity index is 1.83. The number of aliphatic hydroxyl groups is 1. The van der Waals surface area contributed by atoms with Crippen molar-refractivity contribution in [2.75, 3.05) is 12.8 Å². The lowest BCUT2D eigenvalue weighted by Gasteiger charge is -2.13. The van der Waals surface area contributed by atoms with Crippen molar-refractivity contribution < 1.29 is 28.5 Å². The van der Waals surface area contributed by atoms with E-state index in [-0.39, 0.29) is 24.6 Å². The Labute approximate surface area is 199 Å². The summed E-state index contributed by atoms with van der Waals surface area (Å²) in [6.07, 6.45) is -0.704. The molecule has 0 saturated carbocycles. The van der Waals surface area contributed by atoms with Gasteiger partial charge in [-0.1, -0.05) is 42.5 Å². The zero-order valence-corrected chi connectivity index (χ0v) is 20.3. The summed E-state index contributed by atoms with van der Waals surface area (Å²) >= 11 is 0. The van der Waals surface area contributed by atoms with Gasteiger partial charge in [0, 0.05) is 29.0 Å². The first kappa shape index (κ1) is 25.8. The fraction of sp³-hybridized carbons (Fsp3) is 0.360. The van der Waals surface area contributed by atoms with Crippen LogP contribution in [-0.2, 0) is 20.3 Å². The molecule has 0 radical (unpaired) electrons. The van der Waals surface area contributed by atoms with Crippen LogP contribution in [0.25, 0.3) is 22.4 Å². The smallest absolute Gasteiger partial charge is 0.305 e. The van der Waals surface area contributed by atoms with Gasteiger partial charge in [0.2, 0.25) is 0 Å². The van der Waals surface area contributed by atoms with Gasteiger partial charge in [0.25, 0.3) is 0 Å². The summed E-state index contributed by atoms with van der Waals surface area (Å²) < 4.78 is 33.1. The molecule has 7 nitrogen and oxygen atoms in total. The number of aliphatic hydroxyl groups excluding tert-OH is 1. The molecule has 3 aromatic rings. The number of benzene rings is 2. The molecular formula is C25H30FN2O5P. The van der Waals surface area contributed by atoms with Crippen LogP contribution < -0.4 is 0 Å². The van der Waals surface area contributed by atoms with E-state index < -0.39 is 26.5 Å². The van der Waals surface area contributed by atoms with E-state index in [1.54, 1.807) is 12.1 Å². The monoisotopic (exact) mass is 488 g/mol. The fourth-order valence-electron chi connectivity index (χ4n) is 3.80. The van der Waals surface area contributed by atoms with Crippen molar-refractivity contribution in [3.63, 3.8) is 0 Å². The average Bonchev–Trinajstić information content (AvgIpc) is 3.17. The molecular weight excluding hydrogens is 458 g/mol. The average molecular weight is 488 g/mol. The molecule has 2 aromatic carbocycles. The molecule has 34 heavy (non-hydrogen) atoms. The van der Waals surface area contributed by atoms with Crippen LogP contribution in [0.15, 0.2) is 54.6 Å². The number of halogens is 1. The molecule has 0 aliphatic heterocycles. The minimum atomic E-state index is -2.54. The molecule has 0 fully saturated rings. The highest BCUT2D eigenvalue weighted by molar-refractivity contribution is 7.39. The van der Waals surface area contributed by atoms with Crippen molar-refractivity contribution in [1.29, 1.82) is 0 Å². The van der Waals surface area contributed by atoms with Crippen molar-refractivity contribution in [3.05, 3.63) is 66.1 Å². The van der Waals surface area contributed by atoms with E-state index in [0.717, 1.165) is 28.1 Å². The van der Waals surface area contributed by atoms with Crippen LogP contribution in [0.2, 0.25) is 0 Å². The SMILES string of the molecule is CC(C)n1nc(-c2ccccc2)c(-c2ccc(F)cc2)c1CCCO[PH](=O)CC(O)CC(=O)O. The molecule has 2 N–H and O–H groups in total. The summed E-state index contributed by atoms with van der Waals surface area (Å²) in [5, 5.41) is 23.2. The molecule has 0 aliphatic rings. The molecule has 0 saturated heterocycles. The minimum absolute atomic E-state index is 0.0814. The van der Waals surface area contributed by atoms with Crippen LogP contribution in [0, 0.1) is 5.82 Å². The quantitative estimate of drug-likeness (QED) is 0.269. The predicted molar refractivity (Wildman–Crippen MR) is 130 cm³/mol. The van der Waals surface area contributed by atoms with Gasteiger partial charge in [0.05, 0.1) is 19.1 Å². The number of aromatic nitrogens is 2. The van der Waals surface area contributed by atoms with Crippen molar-refractivity contribution in [3.8, 4) is 22.4 Å². The highest BCUT2D eigenvalue weighted by atomic mass is 31.1. The summed E-state index contributed by atoms with van der Waals surface area (Å²) in [4.78, 5) is 10.6. The molecule has 0 spiro atoms. The molecule has 2 atom stereocenters. The summed E-state index contributed by atoms with van der Waals surface area (Å²) in [5.41, 5.74) is 4.51. The highest BCUT2D eigenvalue weighted by Gasteiger charge is 2.22. The second-order valence-corrected chi connectivity index (χ2v) is 9.80. The first-order valence-corrected chi connectivity index (χ1v) is 12.8. The van der Waals surface area contributed by atoms with Gasteiger partial charge in [0.15, 0.2) is 8.03 Å². The summed E-state index contributed by atoms with van der Waals surface area (Å²) in [6, 6.07) is 16.2. The van der Waals surface area contributed by atoms with Crippen LogP contribution >= 0.6 is 8.03 Å². The zero-order valence-electron chi connectivity index (χ0n) is 19.3. The maximum Gasteiger partial charge on any atom is 0.305 e. The van der Waals surface area contributed by atoms with Crippen molar-refractivity contribution in [2.24, 2.45) is 0 Å². The van der Waals surface area contributed by atoms with E-state index >= 15 is 0 Å². The van der Waals surface area contributed by atoms with Crippen LogP contribution in [0.3, 0.4) is 0 Å². The lowest BCUT2D eigenvalue weighted by molar-refractivity contribution is -0.138. The topological polar surface area (TPSA) is 102 Å². The van der Waals surface area contributed by atoms with Gasteiger partial charge >= 0.3 is 5.97 Å². The summed E-state index contributed by atoms with van der Waals surface area (Å²) in [7, 11) is -2.54. The number of carboxylic acid groups (broad SMARTS) is 1. The number of rotatable bonds is 12. The predicted octanol–water partition coefficient (Wildman–Crippen LogP) is 5.20. The molecule has 0 bridgehead atoms. The molecule has 1 aromatic heterocycles. The van der Waals surface area contributed by atoms with E-state index in [2.05, 4.69) is 0 Å². The van der Waals surface area contributed by atoms with Crippen molar-refractivity contribution >= 4 is 14.0 Å². The third-order valence-corrected chi connectivity index (χ3v) is 6.64. The molecule has 0 aliphatic carbocycles.